The summed E-state index contributed by atoms with van der Waals surface area (Å²) in [6, 6.07) is 12.1. The highest BCUT2D eigenvalue weighted by molar-refractivity contribution is 5.42. The standard InChI is InChI=1S/C19H18FN3O/c1-13-9-14(2)11-17(10-13)23-8-7-21-18(19(23)24)22-12-15-3-5-16(20)6-4-15/h3-11H,12H2,1-2H3,(H,21,22). The monoisotopic (exact) mass is 323 g/mol. The van der Waals surface area contributed by atoms with Gasteiger partial charge in [-0.2, -0.15) is 0 Å². The molecular weight excluding hydrogens is 305 g/mol. The Hall–Kier alpha value is -2.95. The maximum atomic E-state index is 12.9. The lowest BCUT2D eigenvalue weighted by Gasteiger charge is -2.11. The first-order chi connectivity index (χ1) is 11.5. The number of aromatic nitrogens is 2. The van der Waals surface area contributed by atoms with Gasteiger partial charge in [0.05, 0.1) is 0 Å². The minimum absolute atomic E-state index is 0.218. The highest BCUT2D eigenvalue weighted by Gasteiger charge is 2.07. The Bertz CT molecular complexity index is 896. The van der Waals surface area contributed by atoms with Crippen molar-refractivity contribution in [1.82, 2.24) is 9.55 Å². The Kier molecular flexibility index (Phi) is 4.42. The van der Waals surface area contributed by atoms with Gasteiger partial charge in [-0.25, -0.2) is 9.37 Å². The zero-order valence-electron chi connectivity index (χ0n) is 13.6. The van der Waals surface area contributed by atoms with E-state index >= 15 is 0 Å². The quantitative estimate of drug-likeness (QED) is 0.798. The van der Waals surface area contributed by atoms with Gasteiger partial charge < -0.3 is 5.32 Å². The SMILES string of the molecule is Cc1cc(C)cc(-n2ccnc(NCc3ccc(F)cc3)c2=O)c1. The fourth-order valence-electron chi connectivity index (χ4n) is 2.61. The van der Waals surface area contributed by atoms with Crippen molar-refractivity contribution in [3.05, 3.63) is 87.7 Å². The van der Waals surface area contributed by atoms with Gasteiger partial charge in [-0.1, -0.05) is 18.2 Å². The molecule has 1 N–H and O–H groups in total. The second kappa shape index (κ2) is 6.66. The van der Waals surface area contributed by atoms with Gasteiger partial charge in [-0.15, -0.1) is 0 Å². The van der Waals surface area contributed by atoms with Gasteiger partial charge in [-0.3, -0.25) is 9.36 Å². The van der Waals surface area contributed by atoms with Gasteiger partial charge in [0.2, 0.25) is 0 Å². The van der Waals surface area contributed by atoms with Gasteiger partial charge >= 0.3 is 0 Å². The summed E-state index contributed by atoms with van der Waals surface area (Å²) in [5.41, 5.74) is 3.65. The van der Waals surface area contributed by atoms with Crippen LogP contribution in [0.3, 0.4) is 0 Å². The Balaban J connectivity index is 1.88. The number of nitrogens with one attached hydrogen (secondary N) is 1. The van der Waals surface area contributed by atoms with E-state index in [4.69, 9.17) is 0 Å². The summed E-state index contributed by atoms with van der Waals surface area (Å²) < 4.78 is 14.5. The molecule has 122 valence electrons. The molecule has 0 aliphatic carbocycles. The predicted molar refractivity (Wildman–Crippen MR) is 93.0 cm³/mol. The molecule has 0 atom stereocenters. The molecule has 0 saturated carbocycles. The first kappa shape index (κ1) is 15.9. The maximum absolute atomic E-state index is 12.9. The summed E-state index contributed by atoms with van der Waals surface area (Å²) in [5.74, 6) is -0.0188. The van der Waals surface area contributed by atoms with Gasteiger partial charge in [0.25, 0.3) is 5.56 Å². The molecule has 1 heterocycles. The van der Waals surface area contributed by atoms with E-state index in [0.29, 0.717) is 6.54 Å². The lowest BCUT2D eigenvalue weighted by atomic mass is 10.1. The first-order valence-corrected chi connectivity index (χ1v) is 7.67. The number of halogens is 1. The predicted octanol–water partition coefficient (Wildman–Crippen LogP) is 3.60. The Morgan fingerprint density at radius 2 is 1.75 bits per heavy atom. The number of hydrogen-bond donors (Lipinski definition) is 1. The van der Waals surface area contributed by atoms with Crippen LogP contribution in [0.5, 0.6) is 0 Å². The van der Waals surface area contributed by atoms with Crippen LogP contribution in [-0.4, -0.2) is 9.55 Å². The van der Waals surface area contributed by atoms with Crippen LogP contribution < -0.4 is 10.9 Å². The van der Waals surface area contributed by atoms with E-state index in [1.165, 1.54) is 12.1 Å². The van der Waals surface area contributed by atoms with E-state index in [1.807, 2.05) is 26.0 Å². The molecule has 5 heteroatoms. The Labute approximate surface area is 139 Å². The highest BCUT2D eigenvalue weighted by Crippen LogP contribution is 2.12. The molecule has 4 nitrogen and oxygen atoms in total. The van der Waals surface area contributed by atoms with E-state index < -0.39 is 0 Å². The Morgan fingerprint density at radius 3 is 2.42 bits per heavy atom. The number of aryl methyl sites for hydroxylation is 2. The van der Waals surface area contributed by atoms with Crippen LogP contribution >= 0.6 is 0 Å². The van der Waals surface area contributed by atoms with Crippen LogP contribution in [0.25, 0.3) is 5.69 Å². The summed E-state index contributed by atoms with van der Waals surface area (Å²) in [6.45, 7) is 4.40. The van der Waals surface area contributed by atoms with Crippen molar-refractivity contribution >= 4 is 5.82 Å². The average Bonchev–Trinajstić information content (AvgIpc) is 2.54. The van der Waals surface area contributed by atoms with E-state index in [1.54, 1.807) is 29.1 Å². The lowest BCUT2D eigenvalue weighted by Crippen LogP contribution is -2.23. The van der Waals surface area contributed by atoms with E-state index in [-0.39, 0.29) is 17.2 Å². The van der Waals surface area contributed by atoms with E-state index in [9.17, 15) is 9.18 Å². The molecule has 0 unspecified atom stereocenters. The normalized spacial score (nSPS) is 10.6. The maximum Gasteiger partial charge on any atom is 0.297 e. The third kappa shape index (κ3) is 3.51. The molecule has 1 aromatic heterocycles. The molecule has 3 rings (SSSR count). The summed E-state index contributed by atoms with van der Waals surface area (Å²) in [6.07, 6.45) is 3.24. The minimum atomic E-state index is -0.284. The van der Waals surface area contributed by atoms with Crippen molar-refractivity contribution in [2.75, 3.05) is 5.32 Å². The third-order valence-corrected chi connectivity index (χ3v) is 3.70. The molecule has 0 saturated heterocycles. The lowest BCUT2D eigenvalue weighted by molar-refractivity contribution is 0.627. The number of anilines is 1. The molecule has 2 aromatic carbocycles. The fourth-order valence-corrected chi connectivity index (χ4v) is 2.61. The van der Waals surface area contributed by atoms with Crippen molar-refractivity contribution in [3.8, 4) is 5.69 Å². The second-order valence-corrected chi connectivity index (χ2v) is 5.78. The van der Waals surface area contributed by atoms with Crippen LogP contribution in [0.4, 0.5) is 10.2 Å². The summed E-state index contributed by atoms with van der Waals surface area (Å²) in [5, 5.41) is 3.02. The molecular formula is C19H18FN3O. The Morgan fingerprint density at radius 1 is 1.08 bits per heavy atom. The summed E-state index contributed by atoms with van der Waals surface area (Å²) in [7, 11) is 0. The topological polar surface area (TPSA) is 46.9 Å². The van der Waals surface area contributed by atoms with Gasteiger partial charge in [0.15, 0.2) is 5.82 Å². The van der Waals surface area contributed by atoms with Gasteiger partial charge in [0, 0.05) is 24.6 Å². The van der Waals surface area contributed by atoms with Crippen LogP contribution in [-0.2, 0) is 6.54 Å². The van der Waals surface area contributed by atoms with Gasteiger partial charge in [-0.05, 0) is 54.8 Å². The highest BCUT2D eigenvalue weighted by atomic mass is 19.1. The molecule has 3 aromatic rings. The third-order valence-electron chi connectivity index (χ3n) is 3.70. The zero-order valence-corrected chi connectivity index (χ0v) is 13.6. The minimum Gasteiger partial charge on any atom is -0.361 e. The number of hydrogen-bond acceptors (Lipinski definition) is 3. The molecule has 0 aliphatic rings. The van der Waals surface area contributed by atoms with Crippen LogP contribution in [0.2, 0.25) is 0 Å². The summed E-state index contributed by atoms with van der Waals surface area (Å²) >= 11 is 0. The van der Waals surface area contributed by atoms with E-state index in [2.05, 4.69) is 16.4 Å². The van der Waals surface area contributed by atoms with Crippen LogP contribution in [0.15, 0.2) is 59.7 Å². The average molecular weight is 323 g/mol. The molecule has 24 heavy (non-hydrogen) atoms. The van der Waals surface area contributed by atoms with Crippen LogP contribution in [0.1, 0.15) is 16.7 Å². The van der Waals surface area contributed by atoms with Crippen molar-refractivity contribution in [2.24, 2.45) is 0 Å². The fraction of sp³-hybridized carbons (Fsp3) is 0.158. The largest absolute Gasteiger partial charge is 0.361 e. The zero-order chi connectivity index (χ0) is 17.1. The molecule has 0 bridgehead atoms. The second-order valence-electron chi connectivity index (χ2n) is 5.78. The van der Waals surface area contributed by atoms with Crippen molar-refractivity contribution in [1.29, 1.82) is 0 Å². The number of benzene rings is 2. The van der Waals surface area contributed by atoms with Crippen molar-refractivity contribution in [2.45, 2.75) is 20.4 Å². The molecule has 0 radical (unpaired) electrons. The number of nitrogens with zero attached hydrogens (tertiary/aromatic N) is 2. The molecule has 0 aliphatic heterocycles. The first-order valence-electron chi connectivity index (χ1n) is 7.67. The molecule has 0 fully saturated rings. The van der Waals surface area contributed by atoms with Gasteiger partial charge in [0.1, 0.15) is 5.82 Å². The van der Waals surface area contributed by atoms with Crippen molar-refractivity contribution < 1.29 is 4.39 Å². The molecule has 0 amide bonds. The van der Waals surface area contributed by atoms with Crippen LogP contribution in [0, 0.1) is 19.7 Å². The smallest absolute Gasteiger partial charge is 0.297 e. The van der Waals surface area contributed by atoms with Crippen molar-refractivity contribution in [3.63, 3.8) is 0 Å². The van der Waals surface area contributed by atoms with E-state index in [0.717, 1.165) is 22.4 Å². The number of rotatable bonds is 4. The molecule has 0 spiro atoms. The summed E-state index contributed by atoms with van der Waals surface area (Å²) in [4.78, 5) is 16.8.